The van der Waals surface area contributed by atoms with Gasteiger partial charge in [0, 0.05) is 26.6 Å². The van der Waals surface area contributed by atoms with E-state index in [1.807, 2.05) is 30.3 Å². The third-order valence-corrected chi connectivity index (χ3v) is 5.93. The van der Waals surface area contributed by atoms with Crippen molar-refractivity contribution in [3.05, 3.63) is 47.6 Å². The van der Waals surface area contributed by atoms with E-state index >= 15 is 0 Å². The summed E-state index contributed by atoms with van der Waals surface area (Å²) in [6.07, 6.45) is 2.93. The fourth-order valence-corrected chi connectivity index (χ4v) is 4.41. The van der Waals surface area contributed by atoms with Gasteiger partial charge in [-0.05, 0) is 18.4 Å². The number of benzene rings is 1. The SMILES string of the molecule is COCCc1noc([C@H]2CCCCN2S(=O)(=O)NCc2ccccc2)n1. The van der Waals surface area contributed by atoms with Crippen LogP contribution in [0.5, 0.6) is 0 Å². The van der Waals surface area contributed by atoms with Gasteiger partial charge in [-0.25, -0.2) is 0 Å². The average Bonchev–Trinajstić information content (AvgIpc) is 3.14. The summed E-state index contributed by atoms with van der Waals surface area (Å²) in [4.78, 5) is 4.36. The zero-order valence-electron chi connectivity index (χ0n) is 14.8. The molecule has 1 fully saturated rings. The number of nitrogens with one attached hydrogen (secondary N) is 1. The maximum Gasteiger partial charge on any atom is 0.280 e. The fraction of sp³-hybridized carbons (Fsp3) is 0.529. The molecule has 0 aliphatic carbocycles. The Bertz CT molecular complexity index is 794. The Morgan fingerprint density at radius 3 is 2.88 bits per heavy atom. The van der Waals surface area contributed by atoms with Gasteiger partial charge in [0.2, 0.25) is 5.89 Å². The lowest BCUT2D eigenvalue weighted by molar-refractivity contribution is 0.197. The van der Waals surface area contributed by atoms with Crippen LogP contribution in [0.3, 0.4) is 0 Å². The Hall–Kier alpha value is -1.81. The van der Waals surface area contributed by atoms with E-state index in [-0.39, 0.29) is 6.54 Å². The van der Waals surface area contributed by atoms with E-state index < -0.39 is 16.3 Å². The predicted octanol–water partition coefficient (Wildman–Crippen LogP) is 1.82. The Morgan fingerprint density at radius 2 is 2.12 bits per heavy atom. The second-order valence-corrected chi connectivity index (χ2v) is 7.93. The summed E-state index contributed by atoms with van der Waals surface area (Å²) in [7, 11) is -2.05. The minimum absolute atomic E-state index is 0.245. The number of hydrogen-bond acceptors (Lipinski definition) is 6. The molecule has 3 rings (SSSR count). The summed E-state index contributed by atoms with van der Waals surface area (Å²) in [5.74, 6) is 0.878. The smallest absolute Gasteiger partial charge is 0.280 e. The van der Waals surface area contributed by atoms with Crippen molar-refractivity contribution >= 4 is 10.2 Å². The van der Waals surface area contributed by atoms with Crippen molar-refractivity contribution in [1.29, 1.82) is 0 Å². The van der Waals surface area contributed by atoms with Crippen molar-refractivity contribution in [2.45, 2.75) is 38.3 Å². The largest absolute Gasteiger partial charge is 0.384 e. The summed E-state index contributed by atoms with van der Waals surface area (Å²) in [5, 5.41) is 3.93. The minimum Gasteiger partial charge on any atom is -0.384 e. The monoisotopic (exact) mass is 380 g/mol. The van der Waals surface area contributed by atoms with Gasteiger partial charge in [0.1, 0.15) is 6.04 Å². The van der Waals surface area contributed by atoms with Gasteiger partial charge < -0.3 is 9.26 Å². The summed E-state index contributed by atoms with van der Waals surface area (Å²) >= 11 is 0. The molecule has 0 spiro atoms. The van der Waals surface area contributed by atoms with Crippen LogP contribution in [0, 0.1) is 0 Å². The van der Waals surface area contributed by atoms with Gasteiger partial charge >= 0.3 is 0 Å². The second kappa shape index (κ2) is 8.72. The van der Waals surface area contributed by atoms with Crippen LogP contribution in [-0.4, -0.2) is 43.1 Å². The van der Waals surface area contributed by atoms with E-state index in [1.54, 1.807) is 7.11 Å². The molecule has 2 heterocycles. The van der Waals surface area contributed by atoms with Gasteiger partial charge in [-0.15, -0.1) is 0 Å². The first-order chi connectivity index (χ1) is 12.6. The molecule has 1 aromatic carbocycles. The maximum atomic E-state index is 12.8. The van der Waals surface area contributed by atoms with Crippen molar-refractivity contribution < 1.29 is 17.7 Å². The Labute approximate surface area is 153 Å². The molecule has 0 bridgehead atoms. The molecule has 1 aliphatic rings. The van der Waals surface area contributed by atoms with Crippen LogP contribution < -0.4 is 4.72 Å². The Morgan fingerprint density at radius 1 is 1.31 bits per heavy atom. The van der Waals surface area contributed by atoms with E-state index in [0.717, 1.165) is 18.4 Å². The van der Waals surface area contributed by atoms with Crippen LogP contribution in [0.1, 0.15) is 42.6 Å². The molecule has 0 amide bonds. The van der Waals surface area contributed by atoms with Gasteiger partial charge in [-0.1, -0.05) is 41.9 Å². The van der Waals surface area contributed by atoms with Gasteiger partial charge in [0.05, 0.1) is 6.61 Å². The molecule has 1 saturated heterocycles. The quantitative estimate of drug-likeness (QED) is 0.750. The molecule has 142 valence electrons. The van der Waals surface area contributed by atoms with Crippen molar-refractivity contribution in [2.24, 2.45) is 0 Å². The third-order valence-electron chi connectivity index (χ3n) is 4.36. The summed E-state index contributed by atoms with van der Waals surface area (Å²) < 4.78 is 40.1. The van der Waals surface area contributed by atoms with Gasteiger partial charge in [0.25, 0.3) is 10.2 Å². The first kappa shape index (κ1) is 19.0. The molecule has 8 nitrogen and oxygen atoms in total. The molecular weight excluding hydrogens is 356 g/mol. The second-order valence-electron chi connectivity index (χ2n) is 6.23. The van der Waals surface area contributed by atoms with Gasteiger partial charge in [-0.3, -0.25) is 0 Å². The highest BCUT2D eigenvalue weighted by Gasteiger charge is 2.36. The lowest BCUT2D eigenvalue weighted by Crippen LogP contribution is -2.45. The van der Waals surface area contributed by atoms with Gasteiger partial charge in [-0.2, -0.15) is 22.4 Å². The van der Waals surface area contributed by atoms with Crippen LogP contribution in [0.15, 0.2) is 34.9 Å². The van der Waals surface area contributed by atoms with Crippen LogP contribution in [0.2, 0.25) is 0 Å². The zero-order valence-corrected chi connectivity index (χ0v) is 15.6. The standard InChI is InChI=1S/C17H24N4O4S/c1-24-12-10-16-19-17(25-20-16)15-9-5-6-11-21(15)26(22,23)18-13-14-7-3-2-4-8-14/h2-4,7-8,15,18H,5-6,9-13H2,1H3/t15-/m1/s1. The highest BCUT2D eigenvalue weighted by Crippen LogP contribution is 2.31. The molecule has 1 aliphatic heterocycles. The molecule has 26 heavy (non-hydrogen) atoms. The minimum atomic E-state index is -3.66. The molecule has 0 unspecified atom stereocenters. The Kier molecular flexibility index (Phi) is 6.36. The number of methoxy groups -OCH3 is 1. The molecule has 1 N–H and O–H groups in total. The molecule has 0 saturated carbocycles. The molecule has 1 atom stereocenters. The highest BCUT2D eigenvalue weighted by atomic mass is 32.2. The van der Waals surface area contributed by atoms with E-state index in [4.69, 9.17) is 9.26 Å². The highest BCUT2D eigenvalue weighted by molar-refractivity contribution is 7.87. The number of nitrogens with zero attached hydrogens (tertiary/aromatic N) is 3. The molecular formula is C17H24N4O4S. The first-order valence-electron chi connectivity index (χ1n) is 8.72. The number of hydrogen-bond donors (Lipinski definition) is 1. The Balaban J connectivity index is 1.72. The molecule has 2 aromatic rings. The van der Waals surface area contributed by atoms with E-state index in [2.05, 4.69) is 14.9 Å². The van der Waals surface area contributed by atoms with Crippen LogP contribution in [0.25, 0.3) is 0 Å². The number of aromatic nitrogens is 2. The number of rotatable bonds is 8. The maximum absolute atomic E-state index is 12.8. The van der Waals surface area contributed by atoms with Crippen molar-refractivity contribution in [3.63, 3.8) is 0 Å². The van der Waals surface area contributed by atoms with Crippen LogP contribution in [0.4, 0.5) is 0 Å². The van der Waals surface area contributed by atoms with E-state index in [0.29, 0.717) is 37.7 Å². The average molecular weight is 380 g/mol. The summed E-state index contributed by atoms with van der Waals surface area (Å²) in [6.45, 7) is 1.17. The first-order valence-corrected chi connectivity index (χ1v) is 10.2. The van der Waals surface area contributed by atoms with Crippen molar-refractivity contribution in [3.8, 4) is 0 Å². The lowest BCUT2D eigenvalue weighted by atomic mass is 10.1. The summed E-state index contributed by atoms with van der Waals surface area (Å²) in [5.41, 5.74) is 0.907. The molecule has 1 aromatic heterocycles. The van der Waals surface area contributed by atoms with Crippen molar-refractivity contribution in [2.75, 3.05) is 20.3 Å². The van der Waals surface area contributed by atoms with Crippen LogP contribution in [-0.2, 0) is 27.9 Å². The van der Waals surface area contributed by atoms with Crippen molar-refractivity contribution in [1.82, 2.24) is 19.2 Å². The lowest BCUT2D eigenvalue weighted by Gasteiger charge is -2.32. The van der Waals surface area contributed by atoms with E-state index in [1.165, 1.54) is 4.31 Å². The predicted molar refractivity (Wildman–Crippen MR) is 95.4 cm³/mol. The normalized spacial score (nSPS) is 18.9. The third kappa shape index (κ3) is 4.67. The molecule has 0 radical (unpaired) electrons. The fourth-order valence-electron chi connectivity index (χ4n) is 2.99. The molecule has 9 heteroatoms. The zero-order chi connectivity index (χ0) is 18.4. The van der Waals surface area contributed by atoms with Gasteiger partial charge in [0.15, 0.2) is 5.82 Å². The number of ether oxygens (including phenoxy) is 1. The topological polar surface area (TPSA) is 97.6 Å². The van der Waals surface area contributed by atoms with E-state index in [9.17, 15) is 8.42 Å². The van der Waals surface area contributed by atoms with Crippen LogP contribution >= 0.6 is 0 Å². The number of piperidine rings is 1. The summed E-state index contributed by atoms with van der Waals surface area (Å²) in [6, 6.07) is 9.00.